The van der Waals surface area contributed by atoms with Gasteiger partial charge in [-0.05, 0) is 48.2 Å². The van der Waals surface area contributed by atoms with Crippen molar-refractivity contribution in [3.05, 3.63) is 47.5 Å². The molecule has 220 valence electrons. The van der Waals surface area contributed by atoms with Crippen LogP contribution in [0.15, 0.2) is 42.5 Å². The maximum Gasteiger partial charge on any atom is 0.390 e. The molecule has 1 heterocycles. The number of sulfone groups is 1. The Labute approximate surface area is 237 Å². The van der Waals surface area contributed by atoms with Crippen molar-refractivity contribution in [2.75, 3.05) is 30.9 Å². The average Bonchev–Trinajstić information content (AvgIpc) is 3.64. The lowest BCUT2D eigenvalue weighted by atomic mass is 10.0. The number of halogens is 3. The summed E-state index contributed by atoms with van der Waals surface area (Å²) in [5.74, 6) is -3.50. The van der Waals surface area contributed by atoms with Crippen molar-refractivity contribution in [1.29, 1.82) is 0 Å². The second-order valence-corrected chi connectivity index (χ2v) is 12.8. The van der Waals surface area contributed by atoms with E-state index < -0.39 is 64.3 Å². The highest BCUT2D eigenvalue weighted by atomic mass is 32.2. The largest absolute Gasteiger partial charge is 0.390 e. The van der Waals surface area contributed by atoms with Gasteiger partial charge in [-0.1, -0.05) is 18.2 Å². The van der Waals surface area contributed by atoms with E-state index in [9.17, 15) is 36.0 Å². The molecule has 0 bridgehead atoms. The molecule has 3 amide bonds. The number of likely N-dealkylation sites (N-methyl/N-ethyl adjacent to an activating group) is 1. The Bertz CT molecular complexity index is 1570. The van der Waals surface area contributed by atoms with E-state index in [4.69, 9.17) is 5.11 Å². The van der Waals surface area contributed by atoms with Gasteiger partial charge in [0, 0.05) is 18.8 Å². The van der Waals surface area contributed by atoms with Gasteiger partial charge in [0.05, 0.1) is 28.9 Å². The molecule has 1 aliphatic rings. The van der Waals surface area contributed by atoms with Crippen LogP contribution in [0.4, 0.5) is 18.9 Å². The van der Waals surface area contributed by atoms with Crippen LogP contribution in [0.5, 0.6) is 0 Å². The summed E-state index contributed by atoms with van der Waals surface area (Å²) in [6.45, 7) is -1.19. The second kappa shape index (κ2) is 12.1. The summed E-state index contributed by atoms with van der Waals surface area (Å²) < 4.78 is 65.2. The van der Waals surface area contributed by atoms with Crippen LogP contribution in [0.25, 0.3) is 21.3 Å². The number of aliphatic hydroxyl groups excluding tert-OH is 1. The molecule has 1 aliphatic carbocycles. The summed E-state index contributed by atoms with van der Waals surface area (Å²) in [4.78, 5) is 42.5. The van der Waals surface area contributed by atoms with Crippen LogP contribution in [0.2, 0.25) is 0 Å². The number of aromatic nitrogens is 1. The quantitative estimate of drug-likeness (QED) is 0.302. The molecule has 1 unspecified atom stereocenters. The van der Waals surface area contributed by atoms with Crippen LogP contribution in [-0.4, -0.2) is 74.4 Å². The lowest BCUT2D eigenvalue weighted by molar-refractivity contribution is -0.130. The predicted molar refractivity (Wildman–Crippen MR) is 147 cm³/mol. The van der Waals surface area contributed by atoms with Gasteiger partial charge < -0.3 is 20.6 Å². The molecule has 0 saturated heterocycles. The summed E-state index contributed by atoms with van der Waals surface area (Å²) in [5.41, 5.74) is 2.19. The normalized spacial score (nSPS) is 14.5. The Hall–Kier alpha value is -3.56. The molecule has 10 nitrogen and oxygen atoms in total. The first-order valence-corrected chi connectivity index (χ1v) is 15.0. The molecule has 0 radical (unpaired) electrons. The van der Waals surface area contributed by atoms with Gasteiger partial charge in [0.15, 0.2) is 15.1 Å². The van der Waals surface area contributed by atoms with Crippen molar-refractivity contribution in [3.8, 4) is 11.1 Å². The average molecular weight is 613 g/mol. The number of nitrogens with zero attached hydrogens (tertiary/aromatic N) is 2. The molecule has 1 saturated carbocycles. The van der Waals surface area contributed by atoms with Crippen LogP contribution in [0.3, 0.4) is 0 Å². The maximum atomic E-state index is 13.1. The number of amides is 3. The van der Waals surface area contributed by atoms with Crippen molar-refractivity contribution < 1.29 is 41.1 Å². The van der Waals surface area contributed by atoms with Crippen molar-refractivity contribution in [3.63, 3.8) is 0 Å². The van der Waals surface area contributed by atoms with Crippen LogP contribution in [-0.2, 0) is 24.2 Å². The fourth-order valence-electron chi connectivity index (χ4n) is 3.95. The SMILES string of the molecule is CN(C(=O)CO)c1cccc(-c2ccc3nc(C(C(=O)NCC(=O)NC4CC4)S(=O)(=O)CCC(F)(F)F)sc3c2)c1. The summed E-state index contributed by atoms with van der Waals surface area (Å²) in [5, 5.41) is 11.8. The van der Waals surface area contributed by atoms with Gasteiger partial charge in [0.25, 0.3) is 5.91 Å². The number of anilines is 1. The first-order chi connectivity index (χ1) is 19.3. The summed E-state index contributed by atoms with van der Waals surface area (Å²) in [6.07, 6.45) is -4.81. The highest BCUT2D eigenvalue weighted by molar-refractivity contribution is 7.92. The standard InChI is InChI=1S/C26H27F3N4O6S2/c1-33(22(36)14-34)18-4-2-3-15(11-18)16-5-8-19-20(12-16)40-25(32-19)23(41(38,39)10-9-26(27,28)29)24(37)30-13-21(35)31-17-6-7-17/h2-5,8,11-12,17,23,34H,6-7,9-10,13-14H2,1H3,(H,30,37)(H,31,35). The number of carbonyl (C=O) groups excluding carboxylic acids is 3. The topological polar surface area (TPSA) is 146 Å². The molecule has 2 aromatic carbocycles. The van der Waals surface area contributed by atoms with E-state index >= 15 is 0 Å². The number of benzene rings is 2. The van der Waals surface area contributed by atoms with E-state index in [0.717, 1.165) is 24.2 Å². The second-order valence-electron chi connectivity index (χ2n) is 9.57. The lowest BCUT2D eigenvalue weighted by Crippen LogP contribution is -2.41. The monoisotopic (exact) mass is 612 g/mol. The molecule has 4 rings (SSSR count). The molecule has 3 N–H and O–H groups in total. The Morgan fingerprint density at radius 3 is 2.51 bits per heavy atom. The fraction of sp³-hybridized carbons (Fsp3) is 0.385. The van der Waals surface area contributed by atoms with Gasteiger partial charge in [-0.15, -0.1) is 11.3 Å². The number of fused-ring (bicyclic) bond motifs is 1. The summed E-state index contributed by atoms with van der Waals surface area (Å²) in [7, 11) is -3.17. The number of hydrogen-bond donors (Lipinski definition) is 3. The van der Waals surface area contributed by atoms with Gasteiger partial charge in [-0.3, -0.25) is 14.4 Å². The Balaban J connectivity index is 1.64. The summed E-state index contributed by atoms with van der Waals surface area (Å²) in [6, 6.07) is 11.8. The third-order valence-electron chi connectivity index (χ3n) is 6.34. The van der Waals surface area contributed by atoms with Gasteiger partial charge >= 0.3 is 6.18 Å². The molecular weight excluding hydrogens is 585 g/mol. The third-order valence-corrected chi connectivity index (χ3v) is 9.50. The van der Waals surface area contributed by atoms with Crippen LogP contribution < -0.4 is 15.5 Å². The van der Waals surface area contributed by atoms with Gasteiger partial charge in [0.2, 0.25) is 11.8 Å². The first-order valence-electron chi connectivity index (χ1n) is 12.5. The Morgan fingerprint density at radius 1 is 1.15 bits per heavy atom. The third kappa shape index (κ3) is 7.80. The zero-order valence-electron chi connectivity index (χ0n) is 21.8. The van der Waals surface area contributed by atoms with Gasteiger partial charge in [0.1, 0.15) is 11.6 Å². The molecule has 15 heteroatoms. The van der Waals surface area contributed by atoms with E-state index in [0.29, 0.717) is 27.0 Å². The van der Waals surface area contributed by atoms with Crippen molar-refractivity contribution >= 4 is 54.8 Å². The van der Waals surface area contributed by atoms with E-state index in [1.807, 2.05) is 0 Å². The number of nitrogens with one attached hydrogen (secondary N) is 2. The minimum absolute atomic E-state index is 0.000402. The minimum Gasteiger partial charge on any atom is -0.387 e. The molecule has 1 aromatic heterocycles. The molecular formula is C26H27F3N4O6S2. The van der Waals surface area contributed by atoms with Gasteiger partial charge in [-0.2, -0.15) is 13.2 Å². The predicted octanol–water partition coefficient (Wildman–Crippen LogP) is 2.72. The van der Waals surface area contributed by atoms with Crippen molar-refractivity contribution in [2.24, 2.45) is 0 Å². The van der Waals surface area contributed by atoms with Crippen molar-refractivity contribution in [2.45, 2.75) is 36.7 Å². The first kappa shape index (κ1) is 30.4. The van der Waals surface area contributed by atoms with Crippen LogP contribution in [0.1, 0.15) is 29.5 Å². The minimum atomic E-state index is -4.76. The number of carbonyl (C=O) groups is 3. The fourth-order valence-corrected chi connectivity index (χ4v) is 7.04. The number of thiazole rings is 1. The smallest absolute Gasteiger partial charge is 0.387 e. The van der Waals surface area contributed by atoms with Crippen LogP contribution in [0, 0.1) is 0 Å². The van der Waals surface area contributed by atoms with Crippen molar-refractivity contribution in [1.82, 2.24) is 15.6 Å². The number of aliphatic hydroxyl groups is 1. The lowest BCUT2D eigenvalue weighted by Gasteiger charge is -2.17. The number of hydrogen-bond acceptors (Lipinski definition) is 8. The highest BCUT2D eigenvalue weighted by Gasteiger charge is 2.40. The van der Waals surface area contributed by atoms with Gasteiger partial charge in [-0.25, -0.2) is 13.4 Å². The Morgan fingerprint density at radius 2 is 1.85 bits per heavy atom. The maximum absolute atomic E-state index is 13.1. The van der Waals surface area contributed by atoms with E-state index in [1.54, 1.807) is 42.5 Å². The molecule has 3 aromatic rings. The molecule has 0 spiro atoms. The molecule has 0 aliphatic heterocycles. The number of alkyl halides is 3. The molecule has 1 fully saturated rings. The van der Waals surface area contributed by atoms with E-state index in [-0.39, 0.29) is 11.0 Å². The molecule has 41 heavy (non-hydrogen) atoms. The summed E-state index contributed by atoms with van der Waals surface area (Å²) >= 11 is 0.846. The zero-order valence-corrected chi connectivity index (χ0v) is 23.4. The molecule has 1 atom stereocenters. The zero-order chi connectivity index (χ0) is 29.9. The Kier molecular flexibility index (Phi) is 8.99. The number of rotatable bonds is 11. The van der Waals surface area contributed by atoms with E-state index in [2.05, 4.69) is 15.6 Å². The highest BCUT2D eigenvalue weighted by Crippen LogP contribution is 2.35. The van der Waals surface area contributed by atoms with E-state index in [1.165, 1.54) is 11.9 Å². The van der Waals surface area contributed by atoms with Crippen LogP contribution >= 0.6 is 11.3 Å².